The van der Waals surface area contributed by atoms with Gasteiger partial charge in [-0.3, -0.25) is 4.90 Å². The summed E-state index contributed by atoms with van der Waals surface area (Å²) in [5.41, 5.74) is 6.29. The van der Waals surface area contributed by atoms with Crippen LogP contribution in [0.15, 0.2) is 0 Å². The molecule has 4 unspecified atom stereocenters. The Bertz CT molecular complexity index is 437. The Morgan fingerprint density at radius 3 is 2.40 bits per heavy atom. The molecule has 4 atom stereocenters. The van der Waals surface area contributed by atoms with E-state index in [1.165, 1.54) is 0 Å². The van der Waals surface area contributed by atoms with E-state index in [2.05, 4.69) is 24.1 Å². The highest BCUT2D eigenvalue weighted by molar-refractivity contribution is 5.58. The van der Waals surface area contributed by atoms with Crippen LogP contribution in [-0.4, -0.2) is 54.0 Å². The summed E-state index contributed by atoms with van der Waals surface area (Å²) < 4.78 is 13.4. The molecule has 3 rings (SSSR count). The van der Waals surface area contributed by atoms with Gasteiger partial charge in [-0.15, -0.1) is 0 Å². The molecule has 2 saturated carbocycles. The molecule has 5 heteroatoms. The molecule has 144 valence electrons. The highest BCUT2D eigenvalue weighted by Crippen LogP contribution is 2.35. The van der Waals surface area contributed by atoms with Crippen LogP contribution in [0.4, 0.5) is 4.39 Å². The zero-order valence-corrected chi connectivity index (χ0v) is 16.0. The standard InChI is InChI=1S/C20H37FN4/c1-14-11-18(24-17-5-3-16(21)4-6-17)15(13-22)12-19(14)25-9-7-20(2,23)8-10-25/h13-19,22,24H,3-12,23H2,1-2H3. The van der Waals surface area contributed by atoms with Crippen LogP contribution in [0, 0.1) is 17.2 Å². The van der Waals surface area contributed by atoms with Crippen molar-refractivity contribution in [2.24, 2.45) is 17.6 Å². The van der Waals surface area contributed by atoms with Gasteiger partial charge >= 0.3 is 0 Å². The van der Waals surface area contributed by atoms with Gasteiger partial charge in [-0.1, -0.05) is 6.92 Å². The predicted molar refractivity (Wildman–Crippen MR) is 102 cm³/mol. The SMILES string of the molecule is CC1CC(NC2CCC(F)CC2)C(C=N)CC1N1CCC(C)(N)CC1. The highest BCUT2D eigenvalue weighted by Gasteiger charge is 2.40. The van der Waals surface area contributed by atoms with Gasteiger partial charge in [0.1, 0.15) is 6.17 Å². The largest absolute Gasteiger partial charge is 0.325 e. The topological polar surface area (TPSA) is 65.1 Å². The summed E-state index contributed by atoms with van der Waals surface area (Å²) in [6.07, 6.45) is 8.68. The smallest absolute Gasteiger partial charge is 0.100 e. The third kappa shape index (κ3) is 4.81. The maximum Gasteiger partial charge on any atom is 0.100 e. The van der Waals surface area contributed by atoms with E-state index in [4.69, 9.17) is 11.1 Å². The van der Waals surface area contributed by atoms with Gasteiger partial charge in [-0.25, -0.2) is 4.39 Å². The first-order valence-electron chi connectivity index (χ1n) is 10.3. The summed E-state index contributed by atoms with van der Waals surface area (Å²) in [5.74, 6) is 0.934. The lowest BCUT2D eigenvalue weighted by atomic mass is 9.74. The maximum atomic E-state index is 13.4. The number of nitrogens with zero attached hydrogens (tertiary/aromatic N) is 1. The summed E-state index contributed by atoms with van der Waals surface area (Å²) in [7, 11) is 0. The molecule has 3 aliphatic rings. The molecule has 4 nitrogen and oxygen atoms in total. The molecular formula is C20H37FN4. The fraction of sp³-hybridized carbons (Fsp3) is 0.950. The number of nitrogens with one attached hydrogen (secondary N) is 2. The minimum Gasteiger partial charge on any atom is -0.325 e. The summed E-state index contributed by atoms with van der Waals surface area (Å²) in [5, 5.41) is 11.7. The van der Waals surface area contributed by atoms with Gasteiger partial charge in [0.2, 0.25) is 0 Å². The van der Waals surface area contributed by atoms with Gasteiger partial charge in [-0.05, 0) is 70.4 Å². The molecule has 1 aliphatic heterocycles. The Balaban J connectivity index is 1.56. The number of piperidine rings is 1. The lowest BCUT2D eigenvalue weighted by molar-refractivity contribution is 0.0482. The third-order valence-electron chi connectivity index (χ3n) is 7.04. The van der Waals surface area contributed by atoms with Gasteiger partial charge in [0.05, 0.1) is 0 Å². The normalized spacial score (nSPS) is 42.9. The molecule has 0 bridgehead atoms. The molecule has 0 amide bonds. The van der Waals surface area contributed by atoms with E-state index in [9.17, 15) is 4.39 Å². The van der Waals surface area contributed by atoms with Crippen LogP contribution in [0.1, 0.15) is 65.2 Å². The maximum absolute atomic E-state index is 13.4. The second-order valence-electron chi connectivity index (χ2n) is 9.26. The fourth-order valence-electron chi connectivity index (χ4n) is 5.18. The second kappa shape index (κ2) is 8.01. The highest BCUT2D eigenvalue weighted by atomic mass is 19.1. The molecule has 0 spiro atoms. The Labute approximate surface area is 152 Å². The molecule has 3 fully saturated rings. The molecule has 0 aromatic heterocycles. The second-order valence-corrected chi connectivity index (χ2v) is 9.26. The first kappa shape index (κ1) is 19.2. The van der Waals surface area contributed by atoms with Crippen molar-refractivity contribution >= 4 is 6.21 Å². The summed E-state index contributed by atoms with van der Waals surface area (Å²) in [6.45, 7) is 6.71. The van der Waals surface area contributed by atoms with Crippen molar-refractivity contribution in [2.75, 3.05) is 13.1 Å². The molecule has 1 heterocycles. The van der Waals surface area contributed by atoms with E-state index >= 15 is 0 Å². The number of rotatable bonds is 4. The molecule has 1 saturated heterocycles. The molecule has 0 aromatic carbocycles. The van der Waals surface area contributed by atoms with E-state index in [1.807, 2.05) is 0 Å². The number of nitrogens with two attached hydrogens (primary N) is 1. The minimum absolute atomic E-state index is 0.00525. The average molecular weight is 353 g/mol. The van der Waals surface area contributed by atoms with Gasteiger partial charge in [0, 0.05) is 42.7 Å². The van der Waals surface area contributed by atoms with Crippen LogP contribution in [0.3, 0.4) is 0 Å². The van der Waals surface area contributed by atoms with Crippen molar-refractivity contribution < 1.29 is 4.39 Å². The van der Waals surface area contributed by atoms with E-state index in [0.29, 0.717) is 42.8 Å². The van der Waals surface area contributed by atoms with Crippen LogP contribution in [-0.2, 0) is 0 Å². The summed E-state index contributed by atoms with van der Waals surface area (Å²) >= 11 is 0. The lowest BCUT2D eigenvalue weighted by Gasteiger charge is -2.48. The third-order valence-corrected chi connectivity index (χ3v) is 7.04. The van der Waals surface area contributed by atoms with Crippen LogP contribution >= 0.6 is 0 Å². The van der Waals surface area contributed by atoms with Crippen molar-refractivity contribution in [2.45, 2.75) is 95.1 Å². The van der Waals surface area contributed by atoms with Crippen molar-refractivity contribution in [1.82, 2.24) is 10.2 Å². The van der Waals surface area contributed by atoms with Crippen molar-refractivity contribution in [3.05, 3.63) is 0 Å². The molecular weight excluding hydrogens is 315 g/mol. The monoisotopic (exact) mass is 352 g/mol. The van der Waals surface area contributed by atoms with E-state index in [-0.39, 0.29) is 5.54 Å². The molecule has 0 aromatic rings. The van der Waals surface area contributed by atoms with Crippen LogP contribution in [0.25, 0.3) is 0 Å². The van der Waals surface area contributed by atoms with Crippen LogP contribution in [0.2, 0.25) is 0 Å². The summed E-state index contributed by atoms with van der Waals surface area (Å²) in [4.78, 5) is 2.63. The van der Waals surface area contributed by atoms with Crippen molar-refractivity contribution in [1.29, 1.82) is 5.41 Å². The number of halogens is 1. The zero-order chi connectivity index (χ0) is 18.0. The average Bonchev–Trinajstić information content (AvgIpc) is 2.58. The van der Waals surface area contributed by atoms with E-state index < -0.39 is 6.17 Å². The Morgan fingerprint density at radius 1 is 1.16 bits per heavy atom. The first-order chi connectivity index (χ1) is 11.9. The van der Waals surface area contributed by atoms with E-state index in [0.717, 1.165) is 51.6 Å². The first-order valence-corrected chi connectivity index (χ1v) is 10.3. The number of likely N-dealkylation sites (tertiary alicyclic amines) is 1. The number of alkyl halides is 1. The molecule has 25 heavy (non-hydrogen) atoms. The predicted octanol–water partition coefficient (Wildman–Crippen LogP) is 3.10. The minimum atomic E-state index is -0.599. The molecule has 0 radical (unpaired) electrons. The Morgan fingerprint density at radius 2 is 1.80 bits per heavy atom. The van der Waals surface area contributed by atoms with Gasteiger partial charge in [-0.2, -0.15) is 0 Å². The van der Waals surface area contributed by atoms with Crippen LogP contribution in [0.5, 0.6) is 0 Å². The number of hydrogen-bond acceptors (Lipinski definition) is 4. The Hall–Kier alpha value is -0.520. The van der Waals surface area contributed by atoms with Crippen LogP contribution < -0.4 is 11.1 Å². The van der Waals surface area contributed by atoms with Crippen molar-refractivity contribution in [3.8, 4) is 0 Å². The van der Waals surface area contributed by atoms with E-state index in [1.54, 1.807) is 6.21 Å². The number of hydrogen-bond donors (Lipinski definition) is 3. The summed E-state index contributed by atoms with van der Waals surface area (Å²) in [6, 6.07) is 1.40. The van der Waals surface area contributed by atoms with Crippen molar-refractivity contribution in [3.63, 3.8) is 0 Å². The Kier molecular flexibility index (Phi) is 6.17. The fourth-order valence-corrected chi connectivity index (χ4v) is 5.18. The van der Waals surface area contributed by atoms with Gasteiger partial charge in [0.25, 0.3) is 0 Å². The zero-order valence-electron chi connectivity index (χ0n) is 16.0. The van der Waals surface area contributed by atoms with Gasteiger partial charge < -0.3 is 16.5 Å². The van der Waals surface area contributed by atoms with Gasteiger partial charge in [0.15, 0.2) is 0 Å². The molecule has 2 aliphatic carbocycles. The lowest BCUT2D eigenvalue weighted by Crippen LogP contribution is -2.57. The quantitative estimate of drug-likeness (QED) is 0.681. The molecule has 4 N–H and O–H groups in total.